The molecule has 1 aliphatic rings. The summed E-state index contributed by atoms with van der Waals surface area (Å²) in [5.74, 6) is -0.159. The highest BCUT2D eigenvalue weighted by Crippen LogP contribution is 2.49. The Hall–Kier alpha value is -2.96. The van der Waals surface area contributed by atoms with E-state index >= 15 is 0 Å². The molecule has 3 N–H and O–H groups in total. The molecule has 0 bridgehead atoms. The fourth-order valence-corrected chi connectivity index (χ4v) is 2.58. The van der Waals surface area contributed by atoms with Crippen molar-refractivity contribution in [2.45, 2.75) is 18.3 Å². The summed E-state index contributed by atoms with van der Waals surface area (Å²) in [5.41, 5.74) is -0.453. The number of nitrogens with zero attached hydrogens (tertiary/aromatic N) is 2. The van der Waals surface area contributed by atoms with Crippen LogP contribution in [-0.4, -0.2) is 21.5 Å². The molecule has 7 heteroatoms. The minimum Gasteiger partial charge on any atom is -0.345 e. The van der Waals surface area contributed by atoms with Crippen LogP contribution in [0.4, 0.5) is 10.2 Å². The molecule has 124 valence electrons. The topological polar surface area (TPSA) is 82.8 Å². The van der Waals surface area contributed by atoms with Crippen LogP contribution >= 0.6 is 0 Å². The van der Waals surface area contributed by atoms with Crippen molar-refractivity contribution in [3.63, 3.8) is 0 Å². The van der Waals surface area contributed by atoms with Gasteiger partial charge in [-0.05, 0) is 25.0 Å². The number of rotatable bonds is 5. The lowest BCUT2D eigenvalue weighted by Gasteiger charge is -2.15. The van der Waals surface area contributed by atoms with E-state index in [0.717, 1.165) is 0 Å². The van der Waals surface area contributed by atoms with Crippen molar-refractivity contribution >= 4 is 17.6 Å². The fraction of sp³-hybridized carbons (Fsp3) is 0.235. The molecule has 1 aromatic carbocycles. The fourth-order valence-electron chi connectivity index (χ4n) is 2.58. The summed E-state index contributed by atoms with van der Waals surface area (Å²) in [6.07, 6.45) is 5.90. The minimum atomic E-state index is -0.847. The van der Waals surface area contributed by atoms with Crippen LogP contribution in [-0.2, 0) is 17.3 Å². The number of amidine groups is 1. The third-order valence-corrected chi connectivity index (χ3v) is 4.02. The third-order valence-electron chi connectivity index (χ3n) is 4.02. The zero-order valence-corrected chi connectivity index (χ0v) is 13.2. The van der Waals surface area contributed by atoms with Gasteiger partial charge in [0, 0.05) is 31.1 Å². The van der Waals surface area contributed by atoms with E-state index in [1.54, 1.807) is 42.2 Å². The summed E-state index contributed by atoms with van der Waals surface area (Å²) in [6.45, 7) is 0. The van der Waals surface area contributed by atoms with Gasteiger partial charge < -0.3 is 10.6 Å². The standard InChI is InChI=1S/C17H18FN5O/c1-23-11-7-15(22-23)20-10-6-14(19)21-16(24)17(8-9-17)12-4-2-3-5-13(12)18/h2-7,10-11H,8-9H2,1H3,(H,20,22)(H2,19,21,24)/b10-6-. The quantitative estimate of drug-likeness (QED) is 0.582. The highest BCUT2D eigenvalue weighted by Gasteiger charge is 2.52. The summed E-state index contributed by atoms with van der Waals surface area (Å²) in [4.78, 5) is 12.4. The molecule has 1 aliphatic carbocycles. The number of halogens is 1. The van der Waals surface area contributed by atoms with Crippen LogP contribution in [0.15, 0.2) is 48.8 Å². The summed E-state index contributed by atoms with van der Waals surface area (Å²) in [6, 6.07) is 8.08. The lowest BCUT2D eigenvalue weighted by molar-refractivity contribution is -0.122. The smallest absolute Gasteiger partial charge is 0.236 e. The molecular formula is C17H18FN5O. The lowest BCUT2D eigenvalue weighted by atomic mass is 9.94. The first kappa shape index (κ1) is 15.9. The van der Waals surface area contributed by atoms with Gasteiger partial charge in [-0.3, -0.25) is 14.9 Å². The van der Waals surface area contributed by atoms with Crippen LogP contribution in [0.2, 0.25) is 0 Å². The van der Waals surface area contributed by atoms with Crippen molar-refractivity contribution < 1.29 is 9.18 Å². The van der Waals surface area contributed by atoms with Crippen LogP contribution in [0, 0.1) is 11.2 Å². The molecule has 0 radical (unpaired) electrons. The second-order valence-corrected chi connectivity index (χ2v) is 5.78. The molecule has 3 rings (SSSR count). The molecule has 1 heterocycles. The molecule has 0 aliphatic heterocycles. The van der Waals surface area contributed by atoms with Crippen molar-refractivity contribution in [3.8, 4) is 0 Å². The molecule has 0 unspecified atom stereocenters. The predicted octanol–water partition coefficient (Wildman–Crippen LogP) is 2.31. The molecule has 24 heavy (non-hydrogen) atoms. The maximum atomic E-state index is 13.9. The lowest BCUT2D eigenvalue weighted by Crippen LogP contribution is -2.38. The van der Waals surface area contributed by atoms with Gasteiger partial charge in [-0.2, -0.15) is 5.10 Å². The average Bonchev–Trinajstić information content (AvgIpc) is 3.25. The number of carbonyl (C=O) groups excluding carboxylic acids is 1. The first-order valence-corrected chi connectivity index (χ1v) is 7.59. The second kappa shape index (κ2) is 6.27. The molecule has 1 fully saturated rings. The number of benzene rings is 1. The van der Waals surface area contributed by atoms with E-state index in [0.29, 0.717) is 24.2 Å². The molecule has 6 nitrogen and oxygen atoms in total. The number of hydrogen-bond donors (Lipinski definition) is 3. The van der Waals surface area contributed by atoms with Crippen LogP contribution in [0.3, 0.4) is 0 Å². The van der Waals surface area contributed by atoms with Gasteiger partial charge in [-0.25, -0.2) is 4.39 Å². The van der Waals surface area contributed by atoms with Crippen molar-refractivity contribution in [1.82, 2.24) is 15.1 Å². The Morgan fingerprint density at radius 2 is 2.12 bits per heavy atom. The minimum absolute atomic E-state index is 0.0638. The summed E-state index contributed by atoms with van der Waals surface area (Å²) >= 11 is 0. The highest BCUT2D eigenvalue weighted by molar-refractivity contribution is 6.07. The highest BCUT2D eigenvalue weighted by atomic mass is 19.1. The summed E-state index contributed by atoms with van der Waals surface area (Å²) in [5, 5.41) is 17.4. The van der Waals surface area contributed by atoms with Crippen molar-refractivity contribution in [2.24, 2.45) is 7.05 Å². The number of amides is 1. The van der Waals surface area contributed by atoms with E-state index in [4.69, 9.17) is 5.41 Å². The molecule has 1 aromatic heterocycles. The van der Waals surface area contributed by atoms with Gasteiger partial charge in [-0.1, -0.05) is 18.2 Å². The summed E-state index contributed by atoms with van der Waals surface area (Å²) in [7, 11) is 1.80. The van der Waals surface area contributed by atoms with Gasteiger partial charge in [0.2, 0.25) is 5.91 Å². The number of carbonyl (C=O) groups is 1. The number of aromatic nitrogens is 2. The van der Waals surface area contributed by atoms with Gasteiger partial charge in [0.25, 0.3) is 0 Å². The molecule has 0 saturated heterocycles. The largest absolute Gasteiger partial charge is 0.345 e. The Bertz CT molecular complexity index is 807. The predicted molar refractivity (Wildman–Crippen MR) is 89.2 cm³/mol. The van der Waals surface area contributed by atoms with E-state index in [-0.39, 0.29) is 17.6 Å². The molecular weight excluding hydrogens is 309 g/mol. The van der Waals surface area contributed by atoms with Gasteiger partial charge in [0.05, 0.1) is 5.41 Å². The first-order valence-electron chi connectivity index (χ1n) is 7.59. The van der Waals surface area contributed by atoms with Crippen molar-refractivity contribution in [3.05, 3.63) is 60.2 Å². The zero-order valence-electron chi connectivity index (χ0n) is 13.2. The SMILES string of the molecule is Cn1ccc(N/C=C\C(=N)NC(=O)C2(c3ccccc3F)CC2)n1. The summed E-state index contributed by atoms with van der Waals surface area (Å²) < 4.78 is 15.6. The number of nitrogens with one attached hydrogen (secondary N) is 3. The number of hydrogen-bond acceptors (Lipinski definition) is 4. The van der Waals surface area contributed by atoms with Crippen LogP contribution < -0.4 is 10.6 Å². The van der Waals surface area contributed by atoms with E-state index in [1.165, 1.54) is 18.3 Å². The molecule has 1 amide bonds. The third kappa shape index (κ3) is 3.19. The Morgan fingerprint density at radius 1 is 1.38 bits per heavy atom. The van der Waals surface area contributed by atoms with E-state index in [2.05, 4.69) is 15.7 Å². The van der Waals surface area contributed by atoms with Crippen molar-refractivity contribution in [2.75, 3.05) is 5.32 Å². The van der Waals surface area contributed by atoms with Gasteiger partial charge >= 0.3 is 0 Å². The first-order chi connectivity index (χ1) is 11.5. The number of aryl methyl sites for hydroxylation is 1. The van der Waals surface area contributed by atoms with Gasteiger partial charge in [0.15, 0.2) is 5.82 Å². The average molecular weight is 327 g/mol. The van der Waals surface area contributed by atoms with Gasteiger partial charge in [-0.15, -0.1) is 0 Å². The zero-order chi connectivity index (χ0) is 17.2. The molecule has 1 saturated carbocycles. The monoisotopic (exact) mass is 327 g/mol. The Balaban J connectivity index is 1.60. The maximum absolute atomic E-state index is 13.9. The second-order valence-electron chi connectivity index (χ2n) is 5.78. The van der Waals surface area contributed by atoms with E-state index < -0.39 is 5.41 Å². The normalized spacial score (nSPS) is 15.2. The Morgan fingerprint density at radius 3 is 2.75 bits per heavy atom. The number of anilines is 1. The Kier molecular flexibility index (Phi) is 4.16. The van der Waals surface area contributed by atoms with Gasteiger partial charge in [0.1, 0.15) is 11.7 Å². The maximum Gasteiger partial charge on any atom is 0.236 e. The van der Waals surface area contributed by atoms with E-state index in [1.807, 2.05) is 0 Å². The van der Waals surface area contributed by atoms with Crippen LogP contribution in [0.25, 0.3) is 0 Å². The molecule has 2 aromatic rings. The molecule has 0 spiro atoms. The van der Waals surface area contributed by atoms with Crippen LogP contribution in [0.1, 0.15) is 18.4 Å². The molecule has 0 atom stereocenters. The van der Waals surface area contributed by atoms with E-state index in [9.17, 15) is 9.18 Å². The van der Waals surface area contributed by atoms with Crippen molar-refractivity contribution in [1.29, 1.82) is 5.41 Å². The van der Waals surface area contributed by atoms with Crippen LogP contribution in [0.5, 0.6) is 0 Å². The Labute approximate surface area is 138 Å².